The van der Waals surface area contributed by atoms with E-state index < -0.39 is 0 Å². The van der Waals surface area contributed by atoms with Gasteiger partial charge in [-0.15, -0.1) is 0 Å². The van der Waals surface area contributed by atoms with Crippen LogP contribution < -0.4 is 20.9 Å². The number of benzene rings is 4. The van der Waals surface area contributed by atoms with E-state index in [0.29, 0.717) is 29.9 Å². The zero-order chi connectivity index (χ0) is 26.7. The predicted molar refractivity (Wildman–Crippen MR) is 151 cm³/mol. The smallest absolute Gasteiger partial charge is 0.258 e. The van der Waals surface area contributed by atoms with Gasteiger partial charge in [-0.05, 0) is 73.2 Å². The molecule has 0 radical (unpaired) electrons. The highest BCUT2D eigenvalue weighted by Gasteiger charge is 2.16. The van der Waals surface area contributed by atoms with Crippen LogP contribution in [0, 0.1) is 0 Å². The van der Waals surface area contributed by atoms with Gasteiger partial charge in [-0.3, -0.25) is 14.4 Å². The molecule has 4 aromatic rings. The Morgan fingerprint density at radius 1 is 0.684 bits per heavy atom. The lowest BCUT2D eigenvalue weighted by molar-refractivity contribution is -0.114. The zero-order valence-electron chi connectivity index (χ0n) is 21.2. The fourth-order valence-corrected chi connectivity index (χ4v) is 3.91. The molecule has 0 aromatic heterocycles. The van der Waals surface area contributed by atoms with E-state index >= 15 is 0 Å². The summed E-state index contributed by atoms with van der Waals surface area (Å²) in [6, 6.07) is 33.0. The van der Waals surface area contributed by atoms with Crippen molar-refractivity contribution < 1.29 is 14.4 Å². The van der Waals surface area contributed by atoms with Gasteiger partial charge in [0.2, 0.25) is 5.91 Å². The summed E-state index contributed by atoms with van der Waals surface area (Å²) in [4.78, 5) is 39.4. The molecular formula is C31H30N4O3. The maximum Gasteiger partial charge on any atom is 0.258 e. The minimum atomic E-state index is -0.228. The Morgan fingerprint density at radius 2 is 1.26 bits per heavy atom. The van der Waals surface area contributed by atoms with Crippen LogP contribution in [-0.2, 0) is 11.3 Å². The Bertz CT molecular complexity index is 1360. The molecule has 0 saturated carbocycles. The normalized spacial score (nSPS) is 10.3. The Hall–Kier alpha value is -4.91. The van der Waals surface area contributed by atoms with Gasteiger partial charge in [-0.1, -0.05) is 48.5 Å². The van der Waals surface area contributed by atoms with Crippen molar-refractivity contribution in [3.63, 3.8) is 0 Å². The Labute approximate surface area is 222 Å². The quantitative estimate of drug-likeness (QED) is 0.271. The molecule has 0 unspecified atom stereocenters. The molecule has 192 valence electrons. The van der Waals surface area contributed by atoms with Crippen molar-refractivity contribution in [2.45, 2.75) is 13.5 Å². The highest BCUT2D eigenvalue weighted by molar-refractivity contribution is 6.06. The van der Waals surface area contributed by atoms with E-state index in [4.69, 9.17) is 0 Å². The van der Waals surface area contributed by atoms with E-state index in [1.807, 2.05) is 67.6 Å². The van der Waals surface area contributed by atoms with Gasteiger partial charge in [0.25, 0.3) is 11.8 Å². The van der Waals surface area contributed by atoms with Crippen LogP contribution in [-0.4, -0.2) is 30.8 Å². The van der Waals surface area contributed by atoms with Crippen LogP contribution in [0.2, 0.25) is 0 Å². The minimum absolute atomic E-state index is 0.0534. The molecule has 7 heteroatoms. The average Bonchev–Trinajstić information content (AvgIpc) is 2.97. The number of anilines is 3. The molecule has 4 rings (SSSR count). The Balaban J connectivity index is 1.25. The second kappa shape index (κ2) is 12.9. The molecule has 3 amide bonds. The second-order valence-electron chi connectivity index (χ2n) is 8.61. The number of hydrogen-bond donors (Lipinski definition) is 3. The first-order chi connectivity index (χ1) is 18.5. The molecule has 0 fully saturated rings. The van der Waals surface area contributed by atoms with Crippen molar-refractivity contribution in [1.82, 2.24) is 5.32 Å². The summed E-state index contributed by atoms with van der Waals surface area (Å²) in [6.07, 6.45) is 0. The standard InChI is InChI=1S/C31H30N4O3/c1-2-35(28-11-7-4-8-12-28)31(38)25-15-19-27(20-16-25)34-29(36)22-32-26-17-13-24(14-18-26)30(37)33-21-23-9-5-3-6-10-23/h3-20,32H,2,21-22H2,1H3,(H,33,37)(H,34,36). The van der Waals surface area contributed by atoms with Crippen LogP contribution >= 0.6 is 0 Å². The summed E-state index contributed by atoms with van der Waals surface area (Å²) >= 11 is 0. The first-order valence-electron chi connectivity index (χ1n) is 12.5. The third-order valence-electron chi connectivity index (χ3n) is 5.94. The molecule has 38 heavy (non-hydrogen) atoms. The highest BCUT2D eigenvalue weighted by Crippen LogP contribution is 2.18. The molecular weight excluding hydrogens is 476 g/mol. The van der Waals surface area contributed by atoms with Gasteiger partial charge >= 0.3 is 0 Å². The van der Waals surface area contributed by atoms with Crippen LogP contribution in [0.15, 0.2) is 109 Å². The molecule has 0 saturated heterocycles. The van der Waals surface area contributed by atoms with Gasteiger partial charge in [-0.2, -0.15) is 0 Å². The molecule has 3 N–H and O–H groups in total. The van der Waals surface area contributed by atoms with E-state index in [2.05, 4.69) is 16.0 Å². The van der Waals surface area contributed by atoms with Crippen molar-refractivity contribution in [1.29, 1.82) is 0 Å². The topological polar surface area (TPSA) is 90.5 Å². The molecule has 7 nitrogen and oxygen atoms in total. The first kappa shape index (κ1) is 26.2. The van der Waals surface area contributed by atoms with Crippen LogP contribution in [0.3, 0.4) is 0 Å². The monoisotopic (exact) mass is 506 g/mol. The van der Waals surface area contributed by atoms with Crippen LogP contribution in [0.4, 0.5) is 17.1 Å². The molecule has 0 heterocycles. The fourth-order valence-electron chi connectivity index (χ4n) is 3.91. The summed E-state index contributed by atoms with van der Waals surface area (Å²) in [7, 11) is 0. The maximum atomic E-state index is 12.9. The minimum Gasteiger partial charge on any atom is -0.376 e. The van der Waals surface area contributed by atoms with E-state index in [-0.39, 0.29) is 24.3 Å². The number of nitrogens with zero attached hydrogens (tertiary/aromatic N) is 1. The van der Waals surface area contributed by atoms with E-state index in [1.165, 1.54) is 0 Å². The van der Waals surface area contributed by atoms with Gasteiger partial charge in [0.15, 0.2) is 0 Å². The van der Waals surface area contributed by atoms with Gasteiger partial charge in [0.05, 0.1) is 6.54 Å². The third-order valence-corrected chi connectivity index (χ3v) is 5.94. The number of amides is 3. The maximum absolute atomic E-state index is 12.9. The fraction of sp³-hybridized carbons (Fsp3) is 0.129. The van der Waals surface area contributed by atoms with Gasteiger partial charge in [-0.25, -0.2) is 0 Å². The number of rotatable bonds is 10. The molecule has 0 spiro atoms. The lowest BCUT2D eigenvalue weighted by atomic mass is 10.1. The van der Waals surface area contributed by atoms with E-state index in [1.54, 1.807) is 53.4 Å². The first-order valence-corrected chi connectivity index (χ1v) is 12.5. The number of hydrogen-bond acceptors (Lipinski definition) is 4. The lowest BCUT2D eigenvalue weighted by Gasteiger charge is -2.21. The van der Waals surface area contributed by atoms with E-state index in [9.17, 15) is 14.4 Å². The Kier molecular flexibility index (Phi) is 8.86. The molecule has 0 aliphatic heterocycles. The summed E-state index contributed by atoms with van der Waals surface area (Å²) in [6.45, 7) is 2.99. The zero-order valence-corrected chi connectivity index (χ0v) is 21.2. The van der Waals surface area contributed by atoms with Gasteiger partial charge in [0, 0.05) is 41.3 Å². The molecule has 0 bridgehead atoms. The van der Waals surface area contributed by atoms with Crippen LogP contribution in [0.25, 0.3) is 0 Å². The van der Waals surface area contributed by atoms with Crippen molar-refractivity contribution in [3.8, 4) is 0 Å². The second-order valence-corrected chi connectivity index (χ2v) is 8.61. The summed E-state index contributed by atoms with van der Waals surface area (Å²) in [5.74, 6) is -0.491. The van der Waals surface area contributed by atoms with E-state index in [0.717, 1.165) is 16.9 Å². The SMILES string of the molecule is CCN(C(=O)c1ccc(NC(=O)CNc2ccc(C(=O)NCc3ccccc3)cc2)cc1)c1ccccc1. The van der Waals surface area contributed by atoms with Crippen molar-refractivity contribution in [3.05, 3.63) is 126 Å². The highest BCUT2D eigenvalue weighted by atomic mass is 16.2. The molecule has 0 aliphatic rings. The number of nitrogens with one attached hydrogen (secondary N) is 3. The van der Waals surface area contributed by atoms with Crippen LogP contribution in [0.5, 0.6) is 0 Å². The average molecular weight is 507 g/mol. The van der Waals surface area contributed by atoms with Gasteiger partial charge < -0.3 is 20.9 Å². The number of carbonyl (C=O) groups is 3. The largest absolute Gasteiger partial charge is 0.376 e. The van der Waals surface area contributed by atoms with Crippen LogP contribution in [0.1, 0.15) is 33.2 Å². The predicted octanol–water partition coefficient (Wildman–Crippen LogP) is 5.33. The third kappa shape index (κ3) is 7.07. The van der Waals surface area contributed by atoms with Crippen molar-refractivity contribution >= 4 is 34.8 Å². The summed E-state index contributed by atoms with van der Waals surface area (Å²) in [5.41, 5.74) is 4.27. The Morgan fingerprint density at radius 3 is 1.89 bits per heavy atom. The molecule has 0 atom stereocenters. The summed E-state index contributed by atoms with van der Waals surface area (Å²) < 4.78 is 0. The number of carbonyl (C=O) groups excluding carboxylic acids is 3. The number of para-hydroxylation sites is 1. The molecule has 4 aromatic carbocycles. The van der Waals surface area contributed by atoms with Gasteiger partial charge in [0.1, 0.15) is 0 Å². The molecule has 0 aliphatic carbocycles. The summed E-state index contributed by atoms with van der Waals surface area (Å²) in [5, 5.41) is 8.77. The van der Waals surface area contributed by atoms with Crippen molar-refractivity contribution in [2.24, 2.45) is 0 Å². The van der Waals surface area contributed by atoms with Crippen molar-refractivity contribution in [2.75, 3.05) is 28.6 Å². The lowest BCUT2D eigenvalue weighted by Crippen LogP contribution is -2.30.